The molecule has 2 unspecified atom stereocenters. The number of hydrogen-bond donors (Lipinski definition) is 0. The molecule has 3 heteroatoms. The van der Waals surface area contributed by atoms with E-state index in [1.54, 1.807) is 0 Å². The molecule has 0 fully saturated rings. The van der Waals surface area contributed by atoms with Crippen molar-refractivity contribution in [1.82, 2.24) is 0 Å². The zero-order valence-electron chi connectivity index (χ0n) is 14.1. The Morgan fingerprint density at radius 2 is 1.80 bits per heavy atom. The van der Waals surface area contributed by atoms with E-state index in [1.807, 2.05) is 6.92 Å². The maximum absolute atomic E-state index is 12.2. The first-order valence-electron chi connectivity index (χ1n) is 8.29. The van der Waals surface area contributed by atoms with E-state index < -0.39 is 0 Å². The summed E-state index contributed by atoms with van der Waals surface area (Å²) in [6.45, 7) is 12.1. The molecule has 0 amide bonds. The van der Waals surface area contributed by atoms with Gasteiger partial charge in [0.25, 0.3) is 0 Å². The number of hydrogen-bond acceptors (Lipinski definition) is 3. The fraction of sp³-hybridized carbons (Fsp3) is 0.941. The first kappa shape index (κ1) is 19.4. The van der Waals surface area contributed by atoms with Gasteiger partial charge in [-0.25, -0.2) is 0 Å². The van der Waals surface area contributed by atoms with Crippen molar-refractivity contribution in [2.45, 2.75) is 66.7 Å². The molecule has 0 aromatic rings. The summed E-state index contributed by atoms with van der Waals surface area (Å²) in [7, 11) is 0. The maximum Gasteiger partial charge on any atom is 0.311 e. The van der Waals surface area contributed by atoms with E-state index in [2.05, 4.69) is 27.7 Å². The lowest BCUT2D eigenvalue weighted by Gasteiger charge is -2.22. The van der Waals surface area contributed by atoms with Crippen LogP contribution in [0.25, 0.3) is 0 Å². The minimum Gasteiger partial charge on any atom is -0.465 e. The molecule has 2 atom stereocenters. The van der Waals surface area contributed by atoms with E-state index in [9.17, 15) is 4.79 Å². The van der Waals surface area contributed by atoms with Gasteiger partial charge in [0.05, 0.1) is 19.1 Å². The van der Waals surface area contributed by atoms with Gasteiger partial charge in [-0.1, -0.05) is 53.4 Å². The molecule has 0 radical (unpaired) electrons. The number of carbonyl (C=O) groups is 1. The lowest BCUT2D eigenvalue weighted by atomic mass is 9.89. The third-order valence-electron chi connectivity index (χ3n) is 3.58. The molecule has 0 aromatic carbocycles. The van der Waals surface area contributed by atoms with E-state index in [1.165, 1.54) is 19.3 Å². The van der Waals surface area contributed by atoms with Gasteiger partial charge in [-0.2, -0.15) is 0 Å². The van der Waals surface area contributed by atoms with Gasteiger partial charge in [-0.05, 0) is 25.2 Å². The Morgan fingerprint density at radius 3 is 2.30 bits per heavy atom. The number of esters is 1. The highest BCUT2D eigenvalue weighted by atomic mass is 16.5. The Balaban J connectivity index is 4.39. The van der Waals surface area contributed by atoms with Crippen molar-refractivity contribution in [2.75, 3.05) is 19.8 Å². The fourth-order valence-electron chi connectivity index (χ4n) is 2.24. The third kappa shape index (κ3) is 9.35. The van der Waals surface area contributed by atoms with Crippen LogP contribution in [0.3, 0.4) is 0 Å². The minimum atomic E-state index is -0.101. The van der Waals surface area contributed by atoms with Crippen LogP contribution in [0.4, 0.5) is 0 Å². The Kier molecular flexibility index (Phi) is 11.8. The summed E-state index contributed by atoms with van der Waals surface area (Å²) in [4.78, 5) is 12.2. The molecule has 0 aliphatic carbocycles. The molecular formula is C17H34O3. The van der Waals surface area contributed by atoms with Crippen LogP contribution in [0.5, 0.6) is 0 Å². The SMILES string of the molecule is CCCCC(CC)CC(COCC)C(=O)OCC(C)C. The average Bonchev–Trinajstić information content (AvgIpc) is 2.44. The molecule has 0 saturated heterocycles. The number of carbonyl (C=O) groups excluding carboxylic acids is 1. The second-order valence-corrected chi connectivity index (χ2v) is 6.03. The van der Waals surface area contributed by atoms with E-state index in [4.69, 9.17) is 9.47 Å². The summed E-state index contributed by atoms with van der Waals surface area (Å²) in [5.41, 5.74) is 0. The first-order chi connectivity index (χ1) is 9.54. The predicted octanol–water partition coefficient (Wildman–Crippen LogP) is 4.44. The van der Waals surface area contributed by atoms with E-state index in [0.717, 1.165) is 12.8 Å². The van der Waals surface area contributed by atoms with Gasteiger partial charge in [-0.15, -0.1) is 0 Å². The first-order valence-corrected chi connectivity index (χ1v) is 8.29. The van der Waals surface area contributed by atoms with Crippen LogP contribution in [-0.2, 0) is 14.3 Å². The zero-order chi connectivity index (χ0) is 15.4. The summed E-state index contributed by atoms with van der Waals surface area (Å²) >= 11 is 0. The van der Waals surface area contributed by atoms with Gasteiger partial charge in [-0.3, -0.25) is 4.79 Å². The lowest BCUT2D eigenvalue weighted by molar-refractivity contribution is -0.152. The minimum absolute atomic E-state index is 0.0814. The molecule has 120 valence electrons. The van der Waals surface area contributed by atoms with Crippen LogP contribution < -0.4 is 0 Å². The Labute approximate surface area is 125 Å². The van der Waals surface area contributed by atoms with Gasteiger partial charge >= 0.3 is 5.97 Å². The van der Waals surface area contributed by atoms with Gasteiger partial charge in [0, 0.05) is 6.61 Å². The van der Waals surface area contributed by atoms with Crippen LogP contribution >= 0.6 is 0 Å². The molecule has 0 saturated carbocycles. The largest absolute Gasteiger partial charge is 0.465 e. The molecule has 0 rings (SSSR count). The van der Waals surface area contributed by atoms with Crippen LogP contribution in [0.1, 0.15) is 66.7 Å². The second-order valence-electron chi connectivity index (χ2n) is 6.03. The Morgan fingerprint density at radius 1 is 1.10 bits per heavy atom. The molecule has 0 heterocycles. The second kappa shape index (κ2) is 12.2. The molecular weight excluding hydrogens is 252 g/mol. The van der Waals surface area contributed by atoms with Crippen molar-refractivity contribution >= 4 is 5.97 Å². The standard InChI is InChI=1S/C17H34O3/c1-6-9-10-15(7-2)11-16(13-19-8-3)17(18)20-12-14(4)5/h14-16H,6-13H2,1-5H3. The predicted molar refractivity (Wildman–Crippen MR) is 83.7 cm³/mol. The highest BCUT2D eigenvalue weighted by Crippen LogP contribution is 2.23. The van der Waals surface area contributed by atoms with Crippen LogP contribution in [0, 0.1) is 17.8 Å². The summed E-state index contributed by atoms with van der Waals surface area (Å²) in [5, 5.41) is 0. The molecule has 0 spiro atoms. The normalized spacial score (nSPS) is 14.3. The topological polar surface area (TPSA) is 35.5 Å². The van der Waals surface area contributed by atoms with Crippen molar-refractivity contribution in [3.8, 4) is 0 Å². The van der Waals surface area contributed by atoms with Crippen LogP contribution in [0.2, 0.25) is 0 Å². The summed E-state index contributed by atoms with van der Waals surface area (Å²) in [6.07, 6.45) is 5.67. The van der Waals surface area contributed by atoms with Gasteiger partial charge < -0.3 is 9.47 Å². The Hall–Kier alpha value is -0.570. The van der Waals surface area contributed by atoms with Gasteiger partial charge in [0.1, 0.15) is 0 Å². The van der Waals surface area contributed by atoms with Gasteiger partial charge in [0.2, 0.25) is 0 Å². The molecule has 20 heavy (non-hydrogen) atoms. The lowest BCUT2D eigenvalue weighted by Crippen LogP contribution is -2.26. The maximum atomic E-state index is 12.2. The quantitative estimate of drug-likeness (QED) is 0.497. The summed E-state index contributed by atoms with van der Waals surface area (Å²) < 4.78 is 10.9. The van der Waals surface area contributed by atoms with E-state index in [-0.39, 0.29) is 11.9 Å². The van der Waals surface area contributed by atoms with Crippen molar-refractivity contribution in [2.24, 2.45) is 17.8 Å². The molecule has 0 N–H and O–H groups in total. The van der Waals surface area contributed by atoms with Crippen LogP contribution in [0.15, 0.2) is 0 Å². The highest BCUT2D eigenvalue weighted by molar-refractivity contribution is 5.72. The Bertz CT molecular complexity index is 238. The fourth-order valence-corrected chi connectivity index (χ4v) is 2.24. The third-order valence-corrected chi connectivity index (χ3v) is 3.58. The molecule has 3 nitrogen and oxygen atoms in total. The number of ether oxygens (including phenoxy) is 2. The smallest absolute Gasteiger partial charge is 0.311 e. The van der Waals surface area contributed by atoms with Crippen molar-refractivity contribution in [3.63, 3.8) is 0 Å². The van der Waals surface area contributed by atoms with Crippen molar-refractivity contribution in [3.05, 3.63) is 0 Å². The van der Waals surface area contributed by atoms with E-state index >= 15 is 0 Å². The monoisotopic (exact) mass is 286 g/mol. The zero-order valence-corrected chi connectivity index (χ0v) is 14.1. The molecule has 0 aliphatic rings. The molecule has 0 aliphatic heterocycles. The average molecular weight is 286 g/mol. The number of rotatable bonds is 12. The number of unbranched alkanes of at least 4 members (excludes halogenated alkanes) is 1. The van der Waals surface area contributed by atoms with Crippen LogP contribution in [-0.4, -0.2) is 25.8 Å². The van der Waals surface area contributed by atoms with Gasteiger partial charge in [0.15, 0.2) is 0 Å². The summed E-state index contributed by atoms with van der Waals surface area (Å²) in [5.74, 6) is 0.804. The van der Waals surface area contributed by atoms with E-state index in [0.29, 0.717) is 31.7 Å². The molecule has 0 aromatic heterocycles. The summed E-state index contributed by atoms with van der Waals surface area (Å²) in [6, 6.07) is 0. The van der Waals surface area contributed by atoms with Crippen molar-refractivity contribution in [1.29, 1.82) is 0 Å². The highest BCUT2D eigenvalue weighted by Gasteiger charge is 2.24. The molecule has 0 bridgehead atoms. The van der Waals surface area contributed by atoms with Crippen molar-refractivity contribution < 1.29 is 14.3 Å².